The van der Waals surface area contributed by atoms with Gasteiger partial charge in [0.2, 0.25) is 5.91 Å². The van der Waals surface area contributed by atoms with E-state index in [4.69, 9.17) is 15.2 Å². The number of hydrogen-bond donors (Lipinski definition) is 2. The van der Waals surface area contributed by atoms with Crippen LogP contribution in [0.25, 0.3) is 0 Å². The van der Waals surface area contributed by atoms with Gasteiger partial charge in [-0.3, -0.25) is 9.78 Å². The standard InChI is InChI=1S/C21H26FN3O3/c1-4-27-18-11-21(23,20(18,2)3)19(26)25-12-14-7-8-17(16(22)10-14)28-15-6-5-9-24-13-15/h5-10,13,18H,4,11-12,23H2,1-3H3,(H,25,26). The summed E-state index contributed by atoms with van der Waals surface area (Å²) in [6.45, 7) is 6.54. The molecule has 2 aromatic rings. The van der Waals surface area contributed by atoms with Crippen molar-refractivity contribution in [2.45, 2.75) is 45.4 Å². The second-order valence-corrected chi connectivity index (χ2v) is 7.58. The summed E-state index contributed by atoms with van der Waals surface area (Å²) in [4.78, 5) is 16.6. The zero-order chi connectivity index (χ0) is 20.4. The Morgan fingerprint density at radius 2 is 2.18 bits per heavy atom. The lowest BCUT2D eigenvalue weighted by atomic mass is 9.54. The summed E-state index contributed by atoms with van der Waals surface area (Å²) in [5.74, 6) is -0.232. The first-order chi connectivity index (χ1) is 13.3. The summed E-state index contributed by atoms with van der Waals surface area (Å²) < 4.78 is 25.5. The molecule has 2 atom stereocenters. The van der Waals surface area contributed by atoms with Crippen molar-refractivity contribution in [2.24, 2.45) is 11.1 Å². The molecule has 6 nitrogen and oxygen atoms in total. The average Bonchev–Trinajstić information content (AvgIpc) is 2.68. The van der Waals surface area contributed by atoms with Gasteiger partial charge in [-0.05, 0) is 36.8 Å². The van der Waals surface area contributed by atoms with Gasteiger partial charge >= 0.3 is 0 Å². The van der Waals surface area contributed by atoms with Crippen LogP contribution in [0.1, 0.15) is 32.8 Å². The molecule has 0 radical (unpaired) electrons. The van der Waals surface area contributed by atoms with Gasteiger partial charge in [0.15, 0.2) is 11.6 Å². The van der Waals surface area contributed by atoms with Crippen molar-refractivity contribution in [3.63, 3.8) is 0 Å². The molecule has 1 saturated carbocycles. The Morgan fingerprint density at radius 3 is 2.79 bits per heavy atom. The fourth-order valence-corrected chi connectivity index (χ4v) is 3.43. The Hall–Kier alpha value is -2.51. The van der Waals surface area contributed by atoms with Crippen LogP contribution < -0.4 is 15.8 Å². The molecule has 1 aliphatic rings. The lowest BCUT2D eigenvalue weighted by Gasteiger charge is -2.57. The second-order valence-electron chi connectivity index (χ2n) is 7.58. The van der Waals surface area contributed by atoms with Gasteiger partial charge in [-0.15, -0.1) is 0 Å². The number of nitrogens with two attached hydrogens (primary N) is 1. The highest BCUT2D eigenvalue weighted by atomic mass is 19.1. The van der Waals surface area contributed by atoms with Crippen LogP contribution in [0, 0.1) is 11.2 Å². The number of pyridine rings is 1. The van der Waals surface area contributed by atoms with Crippen molar-refractivity contribution in [2.75, 3.05) is 6.61 Å². The molecule has 7 heteroatoms. The van der Waals surface area contributed by atoms with Crippen LogP contribution in [-0.2, 0) is 16.1 Å². The third kappa shape index (κ3) is 3.72. The van der Waals surface area contributed by atoms with Crippen molar-refractivity contribution >= 4 is 5.91 Å². The first-order valence-corrected chi connectivity index (χ1v) is 9.33. The Bertz CT molecular complexity index is 844. The number of halogens is 1. The van der Waals surface area contributed by atoms with Gasteiger partial charge in [-0.2, -0.15) is 0 Å². The van der Waals surface area contributed by atoms with Gasteiger partial charge < -0.3 is 20.5 Å². The number of benzene rings is 1. The summed E-state index contributed by atoms with van der Waals surface area (Å²) in [5, 5.41) is 2.82. The Kier molecular flexibility index (Phi) is 5.67. The molecule has 0 aliphatic heterocycles. The van der Waals surface area contributed by atoms with Gasteiger partial charge in [0.1, 0.15) is 11.3 Å². The number of aromatic nitrogens is 1. The van der Waals surface area contributed by atoms with E-state index in [1.54, 1.807) is 24.4 Å². The van der Waals surface area contributed by atoms with E-state index in [-0.39, 0.29) is 24.3 Å². The summed E-state index contributed by atoms with van der Waals surface area (Å²) in [7, 11) is 0. The molecular weight excluding hydrogens is 361 g/mol. The van der Waals surface area contributed by atoms with Crippen molar-refractivity contribution in [3.8, 4) is 11.5 Å². The Morgan fingerprint density at radius 1 is 1.39 bits per heavy atom. The molecule has 150 valence electrons. The van der Waals surface area contributed by atoms with Crippen LogP contribution >= 0.6 is 0 Å². The maximum absolute atomic E-state index is 14.3. The van der Waals surface area contributed by atoms with Crippen molar-refractivity contribution in [3.05, 3.63) is 54.1 Å². The average molecular weight is 387 g/mol. The lowest BCUT2D eigenvalue weighted by Crippen LogP contribution is -2.75. The van der Waals surface area contributed by atoms with E-state index < -0.39 is 16.8 Å². The highest BCUT2D eigenvalue weighted by Gasteiger charge is 2.62. The van der Waals surface area contributed by atoms with Gasteiger partial charge in [-0.25, -0.2) is 4.39 Å². The van der Waals surface area contributed by atoms with Crippen LogP contribution in [-0.4, -0.2) is 29.1 Å². The Labute approximate surface area is 164 Å². The molecule has 0 spiro atoms. The molecule has 1 fully saturated rings. The molecule has 1 aromatic heterocycles. The SMILES string of the molecule is CCOC1CC(N)(C(=O)NCc2ccc(Oc3cccnc3)c(F)c2)C1(C)C. The lowest BCUT2D eigenvalue weighted by molar-refractivity contribution is -0.170. The molecule has 1 amide bonds. The summed E-state index contributed by atoms with van der Waals surface area (Å²) in [5.41, 5.74) is 5.50. The van der Waals surface area contributed by atoms with E-state index in [0.717, 1.165) is 0 Å². The number of carbonyl (C=O) groups excluding carboxylic acids is 1. The van der Waals surface area contributed by atoms with Crippen LogP contribution in [0.4, 0.5) is 4.39 Å². The highest BCUT2D eigenvalue weighted by molar-refractivity contribution is 5.88. The molecule has 3 N–H and O–H groups in total. The van der Waals surface area contributed by atoms with E-state index in [2.05, 4.69) is 10.3 Å². The third-order valence-electron chi connectivity index (χ3n) is 5.55. The molecule has 1 heterocycles. The smallest absolute Gasteiger partial charge is 0.241 e. The molecule has 0 saturated heterocycles. The zero-order valence-electron chi connectivity index (χ0n) is 16.4. The third-order valence-corrected chi connectivity index (χ3v) is 5.55. The Balaban J connectivity index is 1.60. The minimum atomic E-state index is -1.01. The maximum atomic E-state index is 14.3. The largest absolute Gasteiger partial charge is 0.453 e. The number of nitrogens with zero attached hydrogens (tertiary/aromatic N) is 1. The van der Waals surface area contributed by atoms with E-state index in [0.29, 0.717) is 24.3 Å². The van der Waals surface area contributed by atoms with Gasteiger partial charge in [-0.1, -0.05) is 19.9 Å². The molecule has 1 aliphatic carbocycles. The molecular formula is C21H26FN3O3. The number of hydrogen-bond acceptors (Lipinski definition) is 5. The summed E-state index contributed by atoms with van der Waals surface area (Å²) >= 11 is 0. The minimum Gasteiger partial charge on any atom is -0.453 e. The number of nitrogens with one attached hydrogen (secondary N) is 1. The van der Waals surface area contributed by atoms with Gasteiger partial charge in [0, 0.05) is 31.2 Å². The summed E-state index contributed by atoms with van der Waals surface area (Å²) in [6, 6.07) is 7.96. The normalized spacial score (nSPS) is 23.0. The molecule has 1 aromatic carbocycles. The fourth-order valence-electron chi connectivity index (χ4n) is 3.43. The second kappa shape index (κ2) is 7.85. The number of amides is 1. The maximum Gasteiger partial charge on any atom is 0.241 e. The van der Waals surface area contributed by atoms with E-state index >= 15 is 0 Å². The first kappa shape index (κ1) is 20.2. The topological polar surface area (TPSA) is 86.5 Å². The first-order valence-electron chi connectivity index (χ1n) is 9.33. The zero-order valence-corrected chi connectivity index (χ0v) is 16.4. The highest BCUT2D eigenvalue weighted by Crippen LogP contribution is 2.49. The number of rotatable bonds is 7. The van der Waals surface area contributed by atoms with Crippen molar-refractivity contribution in [1.29, 1.82) is 0 Å². The number of carbonyl (C=O) groups is 1. The molecule has 3 rings (SSSR count). The van der Waals surface area contributed by atoms with Crippen molar-refractivity contribution in [1.82, 2.24) is 10.3 Å². The molecule has 0 bridgehead atoms. The minimum absolute atomic E-state index is 0.0467. The predicted molar refractivity (Wildman–Crippen MR) is 103 cm³/mol. The predicted octanol–water partition coefficient (Wildman–Crippen LogP) is 3.16. The van der Waals surface area contributed by atoms with Crippen LogP contribution in [0.3, 0.4) is 0 Å². The van der Waals surface area contributed by atoms with Crippen LogP contribution in [0.2, 0.25) is 0 Å². The van der Waals surface area contributed by atoms with E-state index in [1.807, 2.05) is 20.8 Å². The van der Waals surface area contributed by atoms with Crippen molar-refractivity contribution < 1.29 is 18.7 Å². The van der Waals surface area contributed by atoms with Gasteiger partial charge in [0.25, 0.3) is 0 Å². The van der Waals surface area contributed by atoms with E-state index in [9.17, 15) is 9.18 Å². The monoisotopic (exact) mass is 387 g/mol. The van der Waals surface area contributed by atoms with Crippen LogP contribution in [0.5, 0.6) is 11.5 Å². The van der Waals surface area contributed by atoms with E-state index in [1.165, 1.54) is 18.3 Å². The fraction of sp³-hybridized carbons (Fsp3) is 0.429. The molecule has 28 heavy (non-hydrogen) atoms. The molecule has 2 unspecified atom stereocenters. The number of ether oxygens (including phenoxy) is 2. The summed E-state index contributed by atoms with van der Waals surface area (Å²) in [6.07, 6.45) is 3.53. The van der Waals surface area contributed by atoms with Crippen LogP contribution in [0.15, 0.2) is 42.7 Å². The quantitative estimate of drug-likeness (QED) is 0.762. The van der Waals surface area contributed by atoms with Gasteiger partial charge in [0.05, 0.1) is 12.3 Å².